The summed E-state index contributed by atoms with van der Waals surface area (Å²) in [5, 5.41) is 7.01. The van der Waals surface area contributed by atoms with Gasteiger partial charge < -0.3 is 9.84 Å². The number of urea groups is 1. The van der Waals surface area contributed by atoms with Gasteiger partial charge in [-0.2, -0.15) is 4.98 Å². The highest BCUT2D eigenvalue weighted by atomic mass is 16.5. The average Bonchev–Trinajstić information content (AvgIpc) is 3.30. The maximum absolute atomic E-state index is 12.7. The van der Waals surface area contributed by atoms with Crippen molar-refractivity contribution in [3.05, 3.63) is 11.7 Å². The van der Waals surface area contributed by atoms with Gasteiger partial charge in [0.1, 0.15) is 5.54 Å². The van der Waals surface area contributed by atoms with Gasteiger partial charge in [-0.1, -0.05) is 5.16 Å². The summed E-state index contributed by atoms with van der Waals surface area (Å²) in [5.41, 5.74) is -0.817. The summed E-state index contributed by atoms with van der Waals surface area (Å²) in [5.74, 6) is 1.91. The van der Waals surface area contributed by atoms with Crippen molar-refractivity contribution in [2.45, 2.75) is 57.5 Å². The highest BCUT2D eigenvalue weighted by Crippen LogP contribution is 2.39. The molecule has 0 spiro atoms. The number of hydrogen-bond acceptors (Lipinski definition) is 6. The van der Waals surface area contributed by atoms with Crippen LogP contribution < -0.4 is 5.32 Å². The molecule has 1 saturated carbocycles. The molecule has 3 fully saturated rings. The number of hydrogen-bond donors (Lipinski definition) is 1. The quantitative estimate of drug-likeness (QED) is 0.812. The Hall–Kier alpha value is -1.96. The number of imide groups is 1. The van der Waals surface area contributed by atoms with E-state index in [1.807, 2.05) is 13.8 Å². The third-order valence-corrected chi connectivity index (χ3v) is 5.71. The van der Waals surface area contributed by atoms with Crippen LogP contribution in [0.1, 0.15) is 57.2 Å². The van der Waals surface area contributed by atoms with Crippen LogP contribution in [-0.2, 0) is 11.3 Å². The van der Waals surface area contributed by atoms with Crippen LogP contribution in [0.15, 0.2) is 4.52 Å². The van der Waals surface area contributed by atoms with Gasteiger partial charge in [0.15, 0.2) is 5.82 Å². The first-order chi connectivity index (χ1) is 12.0. The molecule has 0 bridgehead atoms. The molecule has 25 heavy (non-hydrogen) atoms. The van der Waals surface area contributed by atoms with Crippen molar-refractivity contribution < 1.29 is 14.1 Å². The van der Waals surface area contributed by atoms with E-state index in [1.54, 1.807) is 0 Å². The normalized spacial score (nSPS) is 30.8. The van der Waals surface area contributed by atoms with E-state index in [1.165, 1.54) is 4.90 Å². The van der Waals surface area contributed by atoms with Crippen LogP contribution >= 0.6 is 0 Å². The van der Waals surface area contributed by atoms with Gasteiger partial charge in [0, 0.05) is 24.9 Å². The largest absolute Gasteiger partial charge is 0.339 e. The lowest BCUT2D eigenvalue weighted by Gasteiger charge is -2.39. The fourth-order valence-corrected chi connectivity index (χ4v) is 3.98. The Kier molecular flexibility index (Phi) is 4.02. The number of rotatable bonds is 5. The summed E-state index contributed by atoms with van der Waals surface area (Å²) < 4.78 is 5.33. The van der Waals surface area contributed by atoms with Crippen LogP contribution in [0.4, 0.5) is 4.79 Å². The number of nitrogens with zero attached hydrogens (tertiary/aromatic N) is 4. The molecule has 3 aliphatic rings. The molecule has 8 heteroatoms. The van der Waals surface area contributed by atoms with Gasteiger partial charge in [0.25, 0.3) is 5.91 Å². The van der Waals surface area contributed by atoms with Crippen molar-refractivity contribution in [1.82, 2.24) is 25.3 Å². The molecule has 4 rings (SSSR count). The first kappa shape index (κ1) is 16.5. The molecule has 3 amide bonds. The second-order valence-corrected chi connectivity index (χ2v) is 7.58. The molecule has 1 aromatic heterocycles. The number of piperidine rings is 1. The lowest BCUT2D eigenvalue weighted by Crippen LogP contribution is -2.55. The molecule has 0 radical (unpaired) electrons. The molecule has 3 heterocycles. The van der Waals surface area contributed by atoms with Crippen LogP contribution in [-0.4, -0.2) is 57.1 Å². The van der Waals surface area contributed by atoms with Gasteiger partial charge in [-0.3, -0.25) is 14.6 Å². The lowest BCUT2D eigenvalue weighted by atomic mass is 9.80. The maximum Gasteiger partial charge on any atom is 0.325 e. The van der Waals surface area contributed by atoms with Crippen LogP contribution in [0.2, 0.25) is 0 Å². The molecule has 136 valence electrons. The van der Waals surface area contributed by atoms with E-state index in [2.05, 4.69) is 20.4 Å². The van der Waals surface area contributed by atoms with Crippen molar-refractivity contribution >= 4 is 11.9 Å². The van der Waals surface area contributed by atoms with E-state index in [0.29, 0.717) is 24.8 Å². The first-order valence-electron chi connectivity index (χ1n) is 9.20. The Labute approximate surface area is 146 Å². The van der Waals surface area contributed by atoms with E-state index >= 15 is 0 Å². The number of likely N-dealkylation sites (tertiary alicyclic amines) is 1. The van der Waals surface area contributed by atoms with Gasteiger partial charge in [-0.05, 0) is 46.1 Å². The molecule has 0 unspecified atom stereocenters. The van der Waals surface area contributed by atoms with E-state index in [4.69, 9.17) is 4.52 Å². The van der Waals surface area contributed by atoms with E-state index < -0.39 is 5.54 Å². The Morgan fingerprint density at radius 1 is 1.32 bits per heavy atom. The summed E-state index contributed by atoms with van der Waals surface area (Å²) in [6, 6.07) is -0.278. The van der Waals surface area contributed by atoms with Gasteiger partial charge in [0.05, 0.1) is 6.54 Å². The molecule has 1 aromatic rings. The molecule has 2 aliphatic heterocycles. The first-order valence-corrected chi connectivity index (χ1v) is 9.20. The molecule has 8 nitrogen and oxygen atoms in total. The topological polar surface area (TPSA) is 91.6 Å². The SMILES string of the molecule is CCN1C(=O)N[C@@](C)([C@H]2CCCN(Cc3noc(C4CC4)n3)C2)C1=O. The minimum atomic E-state index is -0.817. The number of likely N-dealkylation sites (N-methyl/N-ethyl adjacent to an activating group) is 1. The van der Waals surface area contributed by atoms with Crippen molar-refractivity contribution in [3.8, 4) is 0 Å². The Morgan fingerprint density at radius 3 is 2.80 bits per heavy atom. The summed E-state index contributed by atoms with van der Waals surface area (Å²) in [7, 11) is 0. The van der Waals surface area contributed by atoms with Gasteiger partial charge in [0.2, 0.25) is 5.89 Å². The fourth-order valence-electron chi connectivity index (χ4n) is 3.98. The van der Waals surface area contributed by atoms with Crippen LogP contribution in [0.5, 0.6) is 0 Å². The molecular weight excluding hydrogens is 322 g/mol. The number of aromatic nitrogens is 2. The Morgan fingerprint density at radius 2 is 2.12 bits per heavy atom. The summed E-state index contributed by atoms with van der Waals surface area (Å²) in [6.45, 7) is 6.40. The zero-order valence-electron chi connectivity index (χ0n) is 14.8. The maximum atomic E-state index is 12.7. The van der Waals surface area contributed by atoms with Crippen molar-refractivity contribution in [2.24, 2.45) is 5.92 Å². The molecule has 1 aliphatic carbocycles. The average molecular weight is 347 g/mol. The number of nitrogens with one attached hydrogen (secondary N) is 1. The summed E-state index contributed by atoms with van der Waals surface area (Å²) in [4.78, 5) is 32.8. The Bertz CT molecular complexity index is 686. The van der Waals surface area contributed by atoms with Crippen molar-refractivity contribution in [1.29, 1.82) is 0 Å². The Balaban J connectivity index is 1.43. The number of carbonyl (C=O) groups is 2. The zero-order chi connectivity index (χ0) is 17.6. The lowest BCUT2D eigenvalue weighted by molar-refractivity contribution is -0.133. The van der Waals surface area contributed by atoms with Crippen LogP contribution in [0.25, 0.3) is 0 Å². The van der Waals surface area contributed by atoms with E-state index in [9.17, 15) is 9.59 Å². The molecule has 1 N–H and O–H groups in total. The minimum absolute atomic E-state index is 0.0871. The molecule has 2 atom stereocenters. The number of carbonyl (C=O) groups excluding carboxylic acids is 2. The highest BCUT2D eigenvalue weighted by molar-refractivity contribution is 6.07. The van der Waals surface area contributed by atoms with E-state index in [0.717, 1.165) is 44.7 Å². The molecule has 2 saturated heterocycles. The highest BCUT2D eigenvalue weighted by Gasteiger charge is 2.52. The van der Waals surface area contributed by atoms with Crippen LogP contribution in [0, 0.1) is 5.92 Å². The minimum Gasteiger partial charge on any atom is -0.339 e. The summed E-state index contributed by atoms with van der Waals surface area (Å²) >= 11 is 0. The second-order valence-electron chi connectivity index (χ2n) is 7.58. The fraction of sp³-hybridized carbons (Fsp3) is 0.765. The zero-order valence-corrected chi connectivity index (χ0v) is 14.8. The molecular formula is C17H25N5O3. The molecule has 0 aromatic carbocycles. The third-order valence-electron chi connectivity index (χ3n) is 5.71. The van der Waals surface area contributed by atoms with Crippen molar-refractivity contribution in [2.75, 3.05) is 19.6 Å². The van der Waals surface area contributed by atoms with E-state index in [-0.39, 0.29) is 17.9 Å². The third kappa shape index (κ3) is 2.92. The van der Waals surface area contributed by atoms with Crippen LogP contribution in [0.3, 0.4) is 0 Å². The number of amides is 3. The second kappa shape index (κ2) is 6.09. The summed E-state index contributed by atoms with van der Waals surface area (Å²) in [6.07, 6.45) is 4.20. The van der Waals surface area contributed by atoms with Gasteiger partial charge >= 0.3 is 6.03 Å². The standard InChI is InChI=1S/C17H25N5O3/c1-3-22-15(23)17(2,19-16(22)24)12-5-4-8-21(9-12)10-13-18-14(25-20-13)11-6-7-11/h11-12H,3-10H2,1-2H3,(H,19,24)/t12-,17-/m0/s1. The smallest absolute Gasteiger partial charge is 0.325 e. The monoisotopic (exact) mass is 347 g/mol. The van der Waals surface area contributed by atoms with Gasteiger partial charge in [-0.25, -0.2) is 4.79 Å². The predicted octanol–water partition coefficient (Wildman–Crippen LogP) is 1.49. The van der Waals surface area contributed by atoms with Gasteiger partial charge in [-0.15, -0.1) is 0 Å². The van der Waals surface area contributed by atoms with Crippen molar-refractivity contribution in [3.63, 3.8) is 0 Å². The predicted molar refractivity (Wildman–Crippen MR) is 88.6 cm³/mol.